The number of allylic oxidation sites excluding steroid dienone is 2. The molecular formula is C35H50N2. The zero-order valence-electron chi connectivity index (χ0n) is 24.1. The van der Waals surface area contributed by atoms with E-state index < -0.39 is 0 Å². The van der Waals surface area contributed by atoms with E-state index in [2.05, 4.69) is 86.9 Å². The molecule has 0 aliphatic carbocycles. The molecule has 2 aromatic carbocycles. The molecule has 0 unspecified atom stereocenters. The van der Waals surface area contributed by atoms with Gasteiger partial charge in [0.2, 0.25) is 0 Å². The summed E-state index contributed by atoms with van der Waals surface area (Å²) in [5.41, 5.74) is 18.6. The highest BCUT2D eigenvalue weighted by Gasteiger charge is 2.18. The molecule has 2 rings (SSSR count). The molecule has 0 aliphatic rings. The van der Waals surface area contributed by atoms with Crippen molar-refractivity contribution >= 4 is 11.4 Å². The molecule has 200 valence electrons. The van der Waals surface area contributed by atoms with Crippen molar-refractivity contribution < 1.29 is 4.79 Å². The summed E-state index contributed by atoms with van der Waals surface area (Å²) in [5, 5.41) is 0. The van der Waals surface area contributed by atoms with Crippen LogP contribution in [0.1, 0.15) is 133 Å². The zero-order chi connectivity index (χ0) is 26.7. The third-order valence-corrected chi connectivity index (χ3v) is 7.26. The van der Waals surface area contributed by atoms with E-state index in [1.165, 1.54) is 91.2 Å². The van der Waals surface area contributed by atoms with Gasteiger partial charge in [0.25, 0.3) is 0 Å². The van der Waals surface area contributed by atoms with Gasteiger partial charge in [-0.3, -0.25) is 0 Å². The van der Waals surface area contributed by atoms with Gasteiger partial charge in [-0.15, -0.1) is 4.79 Å². The van der Waals surface area contributed by atoms with Crippen LogP contribution >= 0.6 is 0 Å². The first-order valence-electron chi connectivity index (χ1n) is 15.1. The highest BCUT2D eigenvalue weighted by molar-refractivity contribution is 5.87. The molecule has 2 aromatic rings. The van der Waals surface area contributed by atoms with Crippen LogP contribution in [0, 0.1) is 0 Å². The average Bonchev–Trinajstić information content (AvgIpc) is 2.93. The van der Waals surface area contributed by atoms with Gasteiger partial charge in [-0.05, 0) is 84.8 Å². The second-order valence-electron chi connectivity index (χ2n) is 10.4. The summed E-state index contributed by atoms with van der Waals surface area (Å²) < 4.78 is 0. The summed E-state index contributed by atoms with van der Waals surface area (Å²) in [5.74, 6) is 3.03. The molecule has 0 aliphatic heterocycles. The van der Waals surface area contributed by atoms with Crippen LogP contribution in [0.2, 0.25) is 0 Å². The Morgan fingerprint density at radius 3 is 1.92 bits per heavy atom. The van der Waals surface area contributed by atoms with Gasteiger partial charge in [-0.25, -0.2) is 0 Å². The monoisotopic (exact) mass is 498 g/mol. The Bertz CT molecular complexity index is 1030. The van der Waals surface area contributed by atoms with E-state index in [4.69, 9.17) is 0 Å². The van der Waals surface area contributed by atoms with Crippen LogP contribution in [0.5, 0.6) is 0 Å². The molecule has 0 radical (unpaired) electrons. The lowest BCUT2D eigenvalue weighted by atomic mass is 9.84. The van der Waals surface area contributed by atoms with E-state index in [1.807, 2.05) is 0 Å². The van der Waals surface area contributed by atoms with Crippen LogP contribution in [-0.2, 0) is 12.8 Å². The molecule has 2 nitrogen and oxygen atoms in total. The average molecular weight is 499 g/mol. The Labute approximate surface area is 227 Å². The van der Waals surface area contributed by atoms with E-state index in [0.29, 0.717) is 0 Å². The van der Waals surface area contributed by atoms with Crippen LogP contribution < -0.4 is 0 Å². The van der Waals surface area contributed by atoms with Crippen molar-refractivity contribution in [3.05, 3.63) is 87.5 Å². The first-order chi connectivity index (χ1) is 18.2. The SMILES string of the molecule is CCCCCCC(=C=[N+]=[N-])C(CCCCC)=C(c1ccc(CCCC)cc1)c1cccc(CCCC)c1. The van der Waals surface area contributed by atoms with Gasteiger partial charge in [0.1, 0.15) is 0 Å². The summed E-state index contributed by atoms with van der Waals surface area (Å²) in [6.07, 6.45) is 17.2. The molecule has 0 heterocycles. The Kier molecular flexibility index (Phi) is 15.3. The predicted octanol–water partition coefficient (Wildman–Crippen LogP) is 10.6. The number of hydrogen-bond acceptors (Lipinski definition) is 0. The highest BCUT2D eigenvalue weighted by atomic mass is 14.8. The standard InChI is InChI=1S/C35H50N2/c1-5-9-13-15-20-33(28-37-36)34(22-14-10-6-2)35(31-25-23-29(24-26-31)17-11-7-3)32-21-16-19-30(27-32)18-12-8-4/h16,19,21,23-27H,5-15,17-18,20,22H2,1-4H3. The first-order valence-corrected chi connectivity index (χ1v) is 15.1. The second kappa shape index (κ2) is 18.6. The number of rotatable bonds is 18. The Morgan fingerprint density at radius 1 is 0.649 bits per heavy atom. The fourth-order valence-corrected chi connectivity index (χ4v) is 5.04. The van der Waals surface area contributed by atoms with E-state index in [-0.39, 0.29) is 0 Å². The largest absolute Gasteiger partial charge is 0.348 e. The number of unbranched alkanes of at least 4 members (excludes halogenated alkanes) is 7. The molecule has 0 saturated carbocycles. The first kappa shape index (κ1) is 30.6. The van der Waals surface area contributed by atoms with Crippen LogP contribution in [0.4, 0.5) is 0 Å². The van der Waals surface area contributed by atoms with Gasteiger partial charge in [-0.1, -0.05) is 121 Å². The molecule has 2 heteroatoms. The third kappa shape index (κ3) is 10.7. The molecule has 0 bridgehead atoms. The molecule has 0 aromatic heterocycles. The lowest BCUT2D eigenvalue weighted by molar-refractivity contribution is 0.00739. The molecule has 37 heavy (non-hydrogen) atoms. The van der Waals surface area contributed by atoms with Gasteiger partial charge in [-0.2, -0.15) is 0 Å². The summed E-state index contributed by atoms with van der Waals surface area (Å²) in [6, 6.07) is 18.4. The van der Waals surface area contributed by atoms with Crippen molar-refractivity contribution in [3.63, 3.8) is 0 Å². The zero-order valence-corrected chi connectivity index (χ0v) is 24.1. The predicted molar refractivity (Wildman–Crippen MR) is 161 cm³/mol. The van der Waals surface area contributed by atoms with Crippen molar-refractivity contribution in [1.29, 1.82) is 0 Å². The third-order valence-electron chi connectivity index (χ3n) is 7.26. The molecule has 0 fully saturated rings. The van der Waals surface area contributed by atoms with E-state index in [1.54, 1.807) is 0 Å². The molecule has 0 saturated heterocycles. The van der Waals surface area contributed by atoms with Gasteiger partial charge in [0.15, 0.2) is 0 Å². The molecule has 0 atom stereocenters. The summed E-state index contributed by atoms with van der Waals surface area (Å²) in [4.78, 5) is 3.44. The lowest BCUT2D eigenvalue weighted by Gasteiger charge is -2.18. The minimum absolute atomic E-state index is 0.902. The lowest BCUT2D eigenvalue weighted by Crippen LogP contribution is -2.02. The number of aryl methyl sites for hydroxylation is 2. The van der Waals surface area contributed by atoms with Gasteiger partial charge >= 0.3 is 5.87 Å². The fourth-order valence-electron chi connectivity index (χ4n) is 5.04. The van der Waals surface area contributed by atoms with Crippen molar-refractivity contribution in [1.82, 2.24) is 0 Å². The molecule has 0 N–H and O–H groups in total. The van der Waals surface area contributed by atoms with Crippen molar-refractivity contribution in [3.8, 4) is 0 Å². The van der Waals surface area contributed by atoms with E-state index in [9.17, 15) is 5.53 Å². The number of nitrogens with zero attached hydrogens (tertiary/aromatic N) is 2. The summed E-state index contributed by atoms with van der Waals surface area (Å²) >= 11 is 0. The summed E-state index contributed by atoms with van der Waals surface area (Å²) in [6.45, 7) is 9.01. The molecular weight excluding hydrogens is 448 g/mol. The number of hydrogen-bond donors (Lipinski definition) is 0. The van der Waals surface area contributed by atoms with E-state index >= 15 is 0 Å². The Balaban J connectivity index is 2.69. The van der Waals surface area contributed by atoms with Crippen LogP contribution in [0.25, 0.3) is 11.1 Å². The smallest absolute Gasteiger partial charge is 0.303 e. The minimum Gasteiger partial charge on any atom is -0.348 e. The minimum atomic E-state index is 0.902. The van der Waals surface area contributed by atoms with Gasteiger partial charge < -0.3 is 5.53 Å². The fraction of sp³-hybridized carbons (Fsp3) is 0.543. The van der Waals surface area contributed by atoms with Crippen LogP contribution in [-0.4, -0.2) is 10.7 Å². The number of benzene rings is 2. The van der Waals surface area contributed by atoms with E-state index in [0.717, 1.165) is 44.1 Å². The molecule has 0 amide bonds. The topological polar surface area (TPSA) is 36.4 Å². The van der Waals surface area contributed by atoms with Crippen molar-refractivity contribution in [2.45, 2.75) is 124 Å². The van der Waals surface area contributed by atoms with Crippen LogP contribution in [0.3, 0.4) is 0 Å². The highest BCUT2D eigenvalue weighted by Crippen LogP contribution is 2.35. The Hall–Kier alpha value is -2.66. The van der Waals surface area contributed by atoms with Gasteiger partial charge in [0.05, 0.1) is 5.57 Å². The van der Waals surface area contributed by atoms with Crippen molar-refractivity contribution in [2.24, 2.45) is 0 Å². The maximum Gasteiger partial charge on any atom is 0.303 e. The van der Waals surface area contributed by atoms with Crippen LogP contribution in [0.15, 0.2) is 59.7 Å². The van der Waals surface area contributed by atoms with Crippen molar-refractivity contribution in [2.75, 3.05) is 0 Å². The second-order valence-corrected chi connectivity index (χ2v) is 10.4. The Morgan fingerprint density at radius 2 is 1.27 bits per heavy atom. The maximum atomic E-state index is 9.61. The summed E-state index contributed by atoms with van der Waals surface area (Å²) in [7, 11) is 0. The van der Waals surface area contributed by atoms with Gasteiger partial charge in [0, 0.05) is 0 Å². The molecule has 0 spiro atoms. The maximum absolute atomic E-state index is 9.61. The quantitative estimate of drug-likeness (QED) is 0.0644. The normalized spacial score (nSPS) is 11.6.